The van der Waals surface area contributed by atoms with Crippen LogP contribution < -0.4 is 0 Å². The van der Waals surface area contributed by atoms with Gasteiger partial charge in [0.2, 0.25) is 0 Å². The van der Waals surface area contributed by atoms with Gasteiger partial charge >= 0.3 is 0 Å². The molecule has 0 unspecified atom stereocenters. The molecule has 1 aromatic heterocycles. The molecule has 1 heterocycles. The van der Waals surface area contributed by atoms with Crippen molar-refractivity contribution in [3.63, 3.8) is 0 Å². The monoisotopic (exact) mass is 309 g/mol. The normalized spacial score (nSPS) is 11.0. The van der Waals surface area contributed by atoms with Crippen molar-refractivity contribution in [1.82, 2.24) is 14.8 Å². The van der Waals surface area contributed by atoms with Crippen LogP contribution in [0.5, 0.6) is 0 Å². The number of aromatic nitrogens is 3. The summed E-state index contributed by atoms with van der Waals surface area (Å²) in [6.45, 7) is 4.39. The van der Waals surface area contributed by atoms with E-state index in [1.807, 2.05) is 22.8 Å². The predicted molar refractivity (Wildman–Crippen MR) is 92.1 cm³/mol. The topological polar surface area (TPSA) is 33.6 Å². The lowest BCUT2D eigenvalue weighted by Crippen LogP contribution is -2.03. The molecule has 0 atom stereocenters. The molecule has 0 saturated carbocycles. The van der Waals surface area contributed by atoms with Crippen LogP contribution >= 0.6 is 12.2 Å². The van der Waals surface area contributed by atoms with E-state index in [2.05, 4.69) is 60.4 Å². The number of benzene rings is 2. The van der Waals surface area contributed by atoms with E-state index in [9.17, 15) is 0 Å². The van der Waals surface area contributed by atoms with E-state index in [-0.39, 0.29) is 0 Å². The first-order chi connectivity index (χ1) is 10.6. The van der Waals surface area contributed by atoms with Crippen LogP contribution in [0.25, 0.3) is 5.69 Å². The quantitative estimate of drug-likeness (QED) is 0.712. The maximum absolute atomic E-state index is 5.40. The molecule has 2 aromatic carbocycles. The van der Waals surface area contributed by atoms with Gasteiger partial charge in [0, 0.05) is 12.1 Å². The van der Waals surface area contributed by atoms with Gasteiger partial charge in [-0.25, -0.2) is 0 Å². The number of H-pyrrole nitrogens is 1. The fraction of sp³-hybridized carbons (Fsp3) is 0.222. The van der Waals surface area contributed by atoms with Crippen LogP contribution in [0.1, 0.15) is 36.7 Å². The first-order valence-corrected chi connectivity index (χ1v) is 7.86. The second kappa shape index (κ2) is 6.28. The summed E-state index contributed by atoms with van der Waals surface area (Å²) < 4.78 is 2.63. The summed E-state index contributed by atoms with van der Waals surface area (Å²) in [5.74, 6) is 1.45. The maximum atomic E-state index is 5.40. The van der Waals surface area contributed by atoms with Gasteiger partial charge in [-0.15, -0.1) is 0 Å². The van der Waals surface area contributed by atoms with Crippen molar-refractivity contribution in [2.45, 2.75) is 26.2 Å². The molecule has 4 heteroatoms. The highest BCUT2D eigenvalue weighted by Gasteiger charge is 2.09. The molecule has 0 spiro atoms. The molecule has 3 rings (SSSR count). The fourth-order valence-corrected chi connectivity index (χ4v) is 2.76. The Balaban J connectivity index is 1.97. The van der Waals surface area contributed by atoms with Crippen LogP contribution in [0.2, 0.25) is 0 Å². The summed E-state index contributed by atoms with van der Waals surface area (Å²) in [6.07, 6.45) is 0.750. The minimum Gasteiger partial charge on any atom is -0.272 e. The van der Waals surface area contributed by atoms with Crippen molar-refractivity contribution in [2.24, 2.45) is 0 Å². The van der Waals surface area contributed by atoms with Gasteiger partial charge in [-0.2, -0.15) is 5.10 Å². The van der Waals surface area contributed by atoms with Gasteiger partial charge in [0.1, 0.15) is 5.82 Å². The lowest BCUT2D eigenvalue weighted by molar-refractivity contribution is 0.861. The smallest absolute Gasteiger partial charge is 0.199 e. The van der Waals surface area contributed by atoms with Gasteiger partial charge in [-0.1, -0.05) is 56.3 Å². The molecule has 3 nitrogen and oxygen atoms in total. The largest absolute Gasteiger partial charge is 0.272 e. The number of hydrogen-bond acceptors (Lipinski definition) is 2. The summed E-state index contributed by atoms with van der Waals surface area (Å²) in [4.78, 5) is 0. The van der Waals surface area contributed by atoms with E-state index in [0.29, 0.717) is 10.7 Å². The summed E-state index contributed by atoms with van der Waals surface area (Å²) >= 11 is 5.40. The third-order valence-corrected chi connectivity index (χ3v) is 4.04. The zero-order chi connectivity index (χ0) is 15.5. The second-order valence-corrected chi connectivity index (χ2v) is 6.08. The Hall–Kier alpha value is -2.20. The van der Waals surface area contributed by atoms with Crippen LogP contribution in [0.3, 0.4) is 0 Å². The second-order valence-electron chi connectivity index (χ2n) is 5.69. The van der Waals surface area contributed by atoms with Crippen molar-refractivity contribution in [1.29, 1.82) is 0 Å². The Morgan fingerprint density at radius 2 is 1.73 bits per heavy atom. The SMILES string of the molecule is CC(C)c1ccc(-n2c(Cc3ccccc3)n[nH]c2=S)cc1. The molecule has 0 bridgehead atoms. The van der Waals surface area contributed by atoms with Gasteiger partial charge < -0.3 is 0 Å². The lowest BCUT2D eigenvalue weighted by Gasteiger charge is -2.09. The summed E-state index contributed by atoms with van der Waals surface area (Å²) in [6, 6.07) is 18.8. The molecular weight excluding hydrogens is 290 g/mol. The van der Waals surface area contributed by atoms with Crippen molar-refractivity contribution < 1.29 is 0 Å². The number of rotatable bonds is 4. The van der Waals surface area contributed by atoms with Gasteiger partial charge in [0.15, 0.2) is 4.77 Å². The van der Waals surface area contributed by atoms with E-state index >= 15 is 0 Å². The van der Waals surface area contributed by atoms with Gasteiger partial charge in [-0.05, 0) is 41.4 Å². The Morgan fingerprint density at radius 3 is 2.36 bits per heavy atom. The van der Waals surface area contributed by atoms with Crippen molar-refractivity contribution in [3.05, 3.63) is 76.3 Å². The number of hydrogen-bond donors (Lipinski definition) is 1. The molecule has 1 N–H and O–H groups in total. The third kappa shape index (κ3) is 3.02. The minimum atomic E-state index is 0.523. The molecule has 0 radical (unpaired) electrons. The van der Waals surface area contributed by atoms with E-state index in [4.69, 9.17) is 12.2 Å². The predicted octanol–water partition coefficient (Wildman–Crippen LogP) is 4.64. The molecule has 0 fully saturated rings. The van der Waals surface area contributed by atoms with Crippen molar-refractivity contribution in [2.75, 3.05) is 0 Å². The Morgan fingerprint density at radius 1 is 1.05 bits per heavy atom. The molecule has 0 saturated heterocycles. The van der Waals surface area contributed by atoms with Gasteiger partial charge in [0.25, 0.3) is 0 Å². The standard InChI is InChI=1S/C18H19N3S/c1-13(2)15-8-10-16(11-9-15)21-17(19-20-18(21)22)12-14-6-4-3-5-7-14/h3-11,13H,12H2,1-2H3,(H,20,22). The molecule has 0 aliphatic heterocycles. The first kappa shape index (κ1) is 14.7. The molecule has 0 aliphatic rings. The molecule has 3 aromatic rings. The number of nitrogens with zero attached hydrogens (tertiary/aromatic N) is 2. The maximum Gasteiger partial charge on any atom is 0.199 e. The molecule has 112 valence electrons. The van der Waals surface area contributed by atoms with Gasteiger partial charge in [-0.3, -0.25) is 9.67 Å². The zero-order valence-electron chi connectivity index (χ0n) is 12.8. The van der Waals surface area contributed by atoms with E-state index in [0.717, 1.165) is 17.9 Å². The Kier molecular flexibility index (Phi) is 4.20. The van der Waals surface area contributed by atoms with Crippen LogP contribution in [0.15, 0.2) is 54.6 Å². The highest BCUT2D eigenvalue weighted by atomic mass is 32.1. The van der Waals surface area contributed by atoms with Crippen molar-refractivity contribution in [3.8, 4) is 5.69 Å². The van der Waals surface area contributed by atoms with E-state index in [1.165, 1.54) is 11.1 Å². The summed E-state index contributed by atoms with van der Waals surface area (Å²) in [5, 5.41) is 7.30. The van der Waals surface area contributed by atoms with Crippen molar-refractivity contribution >= 4 is 12.2 Å². The third-order valence-electron chi connectivity index (χ3n) is 3.76. The van der Waals surface area contributed by atoms with Crippen LogP contribution in [-0.2, 0) is 6.42 Å². The molecular formula is C18H19N3S. The van der Waals surface area contributed by atoms with Gasteiger partial charge in [0.05, 0.1) is 0 Å². The van der Waals surface area contributed by atoms with E-state index < -0.39 is 0 Å². The Labute approximate surface area is 135 Å². The van der Waals surface area contributed by atoms with E-state index in [1.54, 1.807) is 0 Å². The minimum absolute atomic E-state index is 0.523. The highest BCUT2D eigenvalue weighted by Crippen LogP contribution is 2.19. The lowest BCUT2D eigenvalue weighted by atomic mass is 10.0. The zero-order valence-corrected chi connectivity index (χ0v) is 13.6. The molecule has 0 amide bonds. The average molecular weight is 309 g/mol. The van der Waals surface area contributed by atoms with Crippen LogP contribution in [0, 0.1) is 4.77 Å². The summed E-state index contributed by atoms with van der Waals surface area (Å²) in [7, 11) is 0. The Bertz CT molecular complexity index is 798. The molecule has 22 heavy (non-hydrogen) atoms. The first-order valence-electron chi connectivity index (χ1n) is 7.45. The average Bonchev–Trinajstić information content (AvgIpc) is 2.89. The fourth-order valence-electron chi connectivity index (χ4n) is 2.50. The van der Waals surface area contributed by atoms with Crippen LogP contribution in [0.4, 0.5) is 0 Å². The highest BCUT2D eigenvalue weighted by molar-refractivity contribution is 7.71. The number of aromatic amines is 1. The molecule has 0 aliphatic carbocycles. The summed E-state index contributed by atoms with van der Waals surface area (Å²) in [5.41, 5.74) is 3.59. The van der Waals surface area contributed by atoms with Crippen LogP contribution in [-0.4, -0.2) is 14.8 Å². The number of nitrogens with one attached hydrogen (secondary N) is 1.